The Kier molecular flexibility index (Phi) is 4.20. The van der Waals surface area contributed by atoms with Gasteiger partial charge in [0.25, 0.3) is 0 Å². The van der Waals surface area contributed by atoms with Crippen LogP contribution < -0.4 is 0 Å². The summed E-state index contributed by atoms with van der Waals surface area (Å²) in [7, 11) is -0.288. The zero-order valence-electron chi connectivity index (χ0n) is 8.14. The molecule has 0 aliphatic heterocycles. The fourth-order valence-corrected chi connectivity index (χ4v) is 1.59. The molecule has 77 valence electrons. The van der Waals surface area contributed by atoms with Crippen LogP contribution in [0.1, 0.15) is 13.8 Å². The normalized spacial score (nSPS) is 12.1. The van der Waals surface area contributed by atoms with Crippen LogP contribution in [0.4, 0.5) is 0 Å². The van der Waals surface area contributed by atoms with Crippen molar-refractivity contribution < 1.29 is 14.0 Å². The quantitative estimate of drug-likeness (QED) is 0.534. The standard InChI is InChI=1S/C8H12N2O3P/c1-3-12-8(14-11,13-4-2)10-7-5-6-9-10/h5,7H,3-4H2,1-2H3. The number of nitrogens with zero attached hydrogens (tertiary/aromatic N) is 2. The fourth-order valence-electron chi connectivity index (χ4n) is 1.03. The van der Waals surface area contributed by atoms with E-state index < -0.39 is 5.65 Å². The zero-order valence-corrected chi connectivity index (χ0v) is 9.03. The minimum atomic E-state index is -1.34. The Balaban J connectivity index is 2.94. The van der Waals surface area contributed by atoms with Crippen LogP contribution in [-0.4, -0.2) is 23.0 Å². The lowest BCUT2D eigenvalue weighted by Gasteiger charge is -2.25. The van der Waals surface area contributed by atoms with Crippen LogP contribution in [0.5, 0.6) is 0 Å². The second kappa shape index (κ2) is 5.20. The number of hydrogen-bond donors (Lipinski definition) is 0. The molecule has 1 radical (unpaired) electrons. The van der Waals surface area contributed by atoms with Gasteiger partial charge in [0.05, 0.1) is 0 Å². The summed E-state index contributed by atoms with van der Waals surface area (Å²) in [5.74, 6) is 0. The van der Waals surface area contributed by atoms with E-state index in [0.717, 1.165) is 0 Å². The highest BCUT2D eigenvalue weighted by Crippen LogP contribution is 2.31. The van der Waals surface area contributed by atoms with E-state index in [0.29, 0.717) is 13.2 Å². The molecular formula is C8H12N2O3P. The van der Waals surface area contributed by atoms with Gasteiger partial charge < -0.3 is 9.47 Å². The van der Waals surface area contributed by atoms with Gasteiger partial charge in [0.2, 0.25) is 8.46 Å². The Hall–Kier alpha value is -0.770. The largest absolute Gasteiger partial charge is 0.355 e. The van der Waals surface area contributed by atoms with Crippen LogP contribution >= 0.6 is 8.46 Å². The van der Waals surface area contributed by atoms with Gasteiger partial charge in [-0.25, -0.2) is 4.68 Å². The summed E-state index contributed by atoms with van der Waals surface area (Å²) in [6, 6.07) is 1.60. The van der Waals surface area contributed by atoms with Crippen LogP contribution in [0, 0.1) is 6.20 Å². The molecule has 0 spiro atoms. The lowest BCUT2D eigenvalue weighted by atomic mass is 10.7. The molecule has 0 N–H and O–H groups in total. The summed E-state index contributed by atoms with van der Waals surface area (Å²) >= 11 is 0. The molecule has 1 aromatic heterocycles. The molecule has 0 unspecified atom stereocenters. The van der Waals surface area contributed by atoms with E-state index in [1.165, 1.54) is 4.68 Å². The number of hydrogen-bond acceptors (Lipinski definition) is 4. The van der Waals surface area contributed by atoms with E-state index >= 15 is 0 Å². The molecule has 0 bridgehead atoms. The summed E-state index contributed by atoms with van der Waals surface area (Å²) in [5.41, 5.74) is -1.34. The van der Waals surface area contributed by atoms with Crippen molar-refractivity contribution in [1.82, 2.24) is 9.78 Å². The van der Waals surface area contributed by atoms with Gasteiger partial charge in [0.1, 0.15) is 6.20 Å². The Morgan fingerprint density at radius 2 is 2.14 bits per heavy atom. The lowest BCUT2D eigenvalue weighted by molar-refractivity contribution is -0.230. The minimum absolute atomic E-state index is 0.288. The van der Waals surface area contributed by atoms with Gasteiger partial charge in [0, 0.05) is 19.4 Å². The van der Waals surface area contributed by atoms with Gasteiger partial charge in [-0.2, -0.15) is 5.10 Å². The predicted molar refractivity (Wildman–Crippen MR) is 49.9 cm³/mol. The molecular weight excluding hydrogens is 203 g/mol. The van der Waals surface area contributed by atoms with Gasteiger partial charge in [-0.1, -0.05) is 0 Å². The first-order valence-electron chi connectivity index (χ1n) is 4.33. The van der Waals surface area contributed by atoms with Gasteiger partial charge >= 0.3 is 5.65 Å². The van der Waals surface area contributed by atoms with E-state index in [4.69, 9.17) is 9.47 Å². The molecule has 0 saturated heterocycles. The summed E-state index contributed by atoms with van der Waals surface area (Å²) in [4.78, 5) is 0. The smallest absolute Gasteiger partial charge is 0.322 e. The first-order chi connectivity index (χ1) is 6.79. The van der Waals surface area contributed by atoms with Crippen molar-refractivity contribution in [2.75, 3.05) is 13.2 Å². The molecule has 1 aromatic rings. The topological polar surface area (TPSA) is 53.4 Å². The first-order valence-corrected chi connectivity index (χ1v) is 5.15. The SMILES string of the molecule is CCOC(OCC)(P=O)n1cc[c]n1. The van der Waals surface area contributed by atoms with Gasteiger partial charge in [-0.3, -0.25) is 4.57 Å². The molecule has 6 heteroatoms. The molecule has 5 nitrogen and oxygen atoms in total. The summed E-state index contributed by atoms with van der Waals surface area (Å²) in [6.45, 7) is 4.36. The Morgan fingerprint density at radius 3 is 2.50 bits per heavy atom. The molecule has 0 saturated carbocycles. The lowest BCUT2D eigenvalue weighted by Crippen LogP contribution is -2.34. The van der Waals surface area contributed by atoms with Crippen LogP contribution in [0.15, 0.2) is 12.3 Å². The molecule has 0 aliphatic carbocycles. The Bertz CT molecular complexity index is 270. The number of aromatic nitrogens is 2. The van der Waals surface area contributed by atoms with E-state index in [1.807, 2.05) is 0 Å². The third-order valence-electron chi connectivity index (χ3n) is 1.53. The minimum Gasteiger partial charge on any atom is -0.322 e. The maximum absolute atomic E-state index is 11.1. The molecule has 14 heavy (non-hydrogen) atoms. The molecule has 0 aliphatic rings. The van der Waals surface area contributed by atoms with Crippen molar-refractivity contribution in [3.63, 3.8) is 0 Å². The summed E-state index contributed by atoms with van der Waals surface area (Å²) < 4.78 is 23.0. The van der Waals surface area contributed by atoms with Crippen molar-refractivity contribution in [2.24, 2.45) is 0 Å². The monoisotopic (exact) mass is 215 g/mol. The van der Waals surface area contributed by atoms with Gasteiger partial charge in [-0.05, 0) is 19.9 Å². The number of ether oxygens (including phenoxy) is 2. The van der Waals surface area contributed by atoms with E-state index in [9.17, 15) is 4.57 Å². The van der Waals surface area contributed by atoms with Crippen molar-refractivity contribution in [3.8, 4) is 0 Å². The van der Waals surface area contributed by atoms with E-state index in [2.05, 4.69) is 11.3 Å². The van der Waals surface area contributed by atoms with Crippen molar-refractivity contribution in [2.45, 2.75) is 19.5 Å². The average Bonchev–Trinajstić information content (AvgIpc) is 2.70. The third-order valence-corrected chi connectivity index (χ3v) is 2.22. The van der Waals surface area contributed by atoms with Crippen LogP contribution in [-0.2, 0) is 19.7 Å². The molecule has 1 rings (SSSR count). The van der Waals surface area contributed by atoms with Crippen molar-refractivity contribution in [1.29, 1.82) is 0 Å². The van der Waals surface area contributed by atoms with Crippen molar-refractivity contribution in [3.05, 3.63) is 18.5 Å². The highest BCUT2D eigenvalue weighted by atomic mass is 31.1. The molecule has 1 heterocycles. The molecule has 0 aromatic carbocycles. The Morgan fingerprint density at radius 1 is 1.50 bits per heavy atom. The van der Waals surface area contributed by atoms with E-state index in [1.54, 1.807) is 26.1 Å². The van der Waals surface area contributed by atoms with Gasteiger partial charge in [0.15, 0.2) is 0 Å². The van der Waals surface area contributed by atoms with Crippen LogP contribution in [0.2, 0.25) is 0 Å². The zero-order chi connectivity index (χ0) is 10.4. The highest BCUT2D eigenvalue weighted by molar-refractivity contribution is 7.24. The van der Waals surface area contributed by atoms with Gasteiger partial charge in [-0.15, -0.1) is 0 Å². The first kappa shape index (κ1) is 11.3. The summed E-state index contributed by atoms with van der Waals surface area (Å²) in [6.07, 6.45) is 4.19. The molecule has 0 fully saturated rings. The van der Waals surface area contributed by atoms with Crippen LogP contribution in [0.25, 0.3) is 0 Å². The average molecular weight is 215 g/mol. The molecule has 0 amide bonds. The predicted octanol–water partition coefficient (Wildman–Crippen LogP) is 1.62. The highest BCUT2D eigenvalue weighted by Gasteiger charge is 2.35. The maximum Gasteiger partial charge on any atom is 0.355 e. The third kappa shape index (κ3) is 2.18. The molecule has 0 atom stereocenters. The van der Waals surface area contributed by atoms with Crippen LogP contribution in [0.3, 0.4) is 0 Å². The van der Waals surface area contributed by atoms with E-state index in [-0.39, 0.29) is 8.46 Å². The second-order valence-electron chi connectivity index (χ2n) is 2.40. The Labute approximate surface area is 84.2 Å². The van der Waals surface area contributed by atoms with Crippen molar-refractivity contribution >= 4 is 8.46 Å². The second-order valence-corrected chi connectivity index (χ2v) is 3.14. The fraction of sp³-hybridized carbons (Fsp3) is 0.625. The summed E-state index contributed by atoms with van der Waals surface area (Å²) in [5, 5.41) is 3.83. The number of rotatable bonds is 6. The maximum atomic E-state index is 11.1.